The Morgan fingerprint density at radius 3 is 2.55 bits per heavy atom. The minimum absolute atomic E-state index is 0.273. The molecule has 0 saturated carbocycles. The number of nitrogens with zero attached hydrogens (tertiary/aromatic N) is 1. The summed E-state index contributed by atoms with van der Waals surface area (Å²) in [5.74, 6) is -0.262. The highest BCUT2D eigenvalue weighted by Crippen LogP contribution is 2.20. The lowest BCUT2D eigenvalue weighted by molar-refractivity contribution is -0.122. The average molecular weight is 398 g/mol. The summed E-state index contributed by atoms with van der Waals surface area (Å²) >= 11 is 0. The number of morpholine rings is 1. The summed E-state index contributed by atoms with van der Waals surface area (Å²) in [6.07, 6.45) is -0.730. The van der Waals surface area contributed by atoms with Gasteiger partial charge in [0.25, 0.3) is 5.91 Å². The normalized spacial score (nSPS) is 14.8. The van der Waals surface area contributed by atoms with Crippen LogP contribution in [0.1, 0.15) is 24.2 Å². The zero-order valence-corrected chi connectivity index (χ0v) is 16.7. The maximum absolute atomic E-state index is 12.5. The van der Waals surface area contributed by atoms with Crippen molar-refractivity contribution in [3.05, 3.63) is 54.1 Å². The summed E-state index contributed by atoms with van der Waals surface area (Å²) in [4.78, 5) is 26.5. The molecule has 1 aliphatic heterocycles. The Balaban J connectivity index is 1.56. The van der Waals surface area contributed by atoms with Gasteiger partial charge in [-0.3, -0.25) is 4.79 Å². The van der Waals surface area contributed by atoms with Crippen molar-refractivity contribution in [2.75, 3.05) is 43.1 Å². The number of benzene rings is 2. The molecule has 0 spiro atoms. The van der Waals surface area contributed by atoms with Crippen LogP contribution >= 0.6 is 0 Å². The SMILES string of the molecule is CCOC(=O)c1cccc(O[C@@H](C)C(=O)Nc2ccc(N3CCOCC3)cc2)c1. The summed E-state index contributed by atoms with van der Waals surface area (Å²) in [6.45, 7) is 6.89. The molecule has 29 heavy (non-hydrogen) atoms. The molecule has 1 fully saturated rings. The van der Waals surface area contributed by atoms with E-state index in [-0.39, 0.29) is 5.91 Å². The Kier molecular flexibility index (Phi) is 7.08. The number of nitrogens with one attached hydrogen (secondary N) is 1. The molecule has 0 bridgehead atoms. The molecule has 3 rings (SSSR count). The molecule has 1 atom stereocenters. The zero-order chi connectivity index (χ0) is 20.6. The van der Waals surface area contributed by atoms with Crippen molar-refractivity contribution in [2.24, 2.45) is 0 Å². The van der Waals surface area contributed by atoms with Crippen LogP contribution in [0.5, 0.6) is 5.75 Å². The molecule has 0 aromatic heterocycles. The van der Waals surface area contributed by atoms with Crippen LogP contribution in [0.25, 0.3) is 0 Å². The summed E-state index contributed by atoms with van der Waals surface area (Å²) in [6, 6.07) is 14.3. The standard InChI is InChI=1S/C22H26N2O5/c1-3-28-22(26)17-5-4-6-20(15-17)29-16(2)21(25)23-18-7-9-19(10-8-18)24-11-13-27-14-12-24/h4-10,15-16H,3,11-14H2,1-2H3,(H,23,25)/t16-/m0/s1. The third-order valence-corrected chi connectivity index (χ3v) is 4.54. The monoisotopic (exact) mass is 398 g/mol. The van der Waals surface area contributed by atoms with Crippen molar-refractivity contribution in [3.8, 4) is 5.75 Å². The van der Waals surface area contributed by atoms with Crippen LogP contribution in [-0.4, -0.2) is 50.9 Å². The van der Waals surface area contributed by atoms with Crippen LogP contribution in [0, 0.1) is 0 Å². The van der Waals surface area contributed by atoms with E-state index in [9.17, 15) is 9.59 Å². The van der Waals surface area contributed by atoms with Crippen LogP contribution in [0.3, 0.4) is 0 Å². The molecule has 1 aliphatic rings. The van der Waals surface area contributed by atoms with Gasteiger partial charge in [-0.1, -0.05) is 6.07 Å². The Hall–Kier alpha value is -3.06. The molecular weight excluding hydrogens is 372 g/mol. The topological polar surface area (TPSA) is 77.1 Å². The molecule has 0 unspecified atom stereocenters. The highest BCUT2D eigenvalue weighted by atomic mass is 16.5. The average Bonchev–Trinajstić information content (AvgIpc) is 2.75. The van der Waals surface area contributed by atoms with Crippen molar-refractivity contribution >= 4 is 23.3 Å². The number of anilines is 2. The van der Waals surface area contributed by atoms with Gasteiger partial charge < -0.3 is 24.4 Å². The molecule has 2 aromatic rings. The number of amides is 1. The predicted molar refractivity (Wildman–Crippen MR) is 111 cm³/mol. The van der Waals surface area contributed by atoms with Gasteiger partial charge in [0.15, 0.2) is 6.10 Å². The van der Waals surface area contributed by atoms with Crippen LogP contribution in [0.2, 0.25) is 0 Å². The second-order valence-corrected chi connectivity index (χ2v) is 6.64. The molecule has 1 saturated heterocycles. The van der Waals surface area contributed by atoms with E-state index >= 15 is 0 Å². The summed E-state index contributed by atoms with van der Waals surface area (Å²) < 4.78 is 16.0. The van der Waals surface area contributed by atoms with Gasteiger partial charge >= 0.3 is 5.97 Å². The third-order valence-electron chi connectivity index (χ3n) is 4.54. The fourth-order valence-corrected chi connectivity index (χ4v) is 2.99. The van der Waals surface area contributed by atoms with Gasteiger partial charge in [0, 0.05) is 24.5 Å². The van der Waals surface area contributed by atoms with Gasteiger partial charge in [-0.05, 0) is 56.3 Å². The first-order valence-corrected chi connectivity index (χ1v) is 9.74. The minimum Gasteiger partial charge on any atom is -0.481 e. The van der Waals surface area contributed by atoms with Crippen molar-refractivity contribution in [3.63, 3.8) is 0 Å². The molecule has 0 radical (unpaired) electrons. The quantitative estimate of drug-likeness (QED) is 0.722. The van der Waals surface area contributed by atoms with Crippen molar-refractivity contribution < 1.29 is 23.8 Å². The highest BCUT2D eigenvalue weighted by molar-refractivity contribution is 5.94. The lowest BCUT2D eigenvalue weighted by Gasteiger charge is -2.29. The Bertz CT molecular complexity index is 831. The number of hydrogen-bond acceptors (Lipinski definition) is 6. The Labute approximate surface area is 170 Å². The van der Waals surface area contributed by atoms with Gasteiger partial charge in [-0.15, -0.1) is 0 Å². The maximum Gasteiger partial charge on any atom is 0.338 e. The van der Waals surface area contributed by atoms with Crippen molar-refractivity contribution in [2.45, 2.75) is 20.0 Å². The summed E-state index contributed by atoms with van der Waals surface area (Å²) in [5, 5.41) is 2.85. The smallest absolute Gasteiger partial charge is 0.338 e. The van der Waals surface area contributed by atoms with Crippen molar-refractivity contribution in [1.82, 2.24) is 0 Å². The number of ether oxygens (including phenoxy) is 3. The van der Waals surface area contributed by atoms with E-state index in [1.165, 1.54) is 0 Å². The van der Waals surface area contributed by atoms with Gasteiger partial charge in [0.2, 0.25) is 0 Å². The molecule has 2 aromatic carbocycles. The number of hydrogen-bond donors (Lipinski definition) is 1. The highest BCUT2D eigenvalue weighted by Gasteiger charge is 2.17. The van der Waals surface area contributed by atoms with E-state index in [0.29, 0.717) is 23.6 Å². The van der Waals surface area contributed by atoms with Crippen molar-refractivity contribution in [1.29, 1.82) is 0 Å². The van der Waals surface area contributed by atoms with Crippen LogP contribution in [-0.2, 0) is 14.3 Å². The molecule has 1 N–H and O–H groups in total. The molecule has 154 valence electrons. The number of carbonyl (C=O) groups is 2. The number of esters is 1. The van der Waals surface area contributed by atoms with E-state index in [0.717, 1.165) is 32.0 Å². The molecule has 7 heteroatoms. The maximum atomic E-state index is 12.5. The van der Waals surface area contributed by atoms with Crippen LogP contribution in [0.4, 0.5) is 11.4 Å². The van der Waals surface area contributed by atoms with E-state index in [4.69, 9.17) is 14.2 Å². The lowest BCUT2D eigenvalue weighted by atomic mass is 10.2. The molecular formula is C22H26N2O5. The van der Waals surface area contributed by atoms with Gasteiger partial charge in [-0.25, -0.2) is 4.79 Å². The van der Waals surface area contributed by atoms with Gasteiger partial charge in [-0.2, -0.15) is 0 Å². The molecule has 0 aliphatic carbocycles. The molecule has 7 nitrogen and oxygen atoms in total. The van der Waals surface area contributed by atoms with E-state index < -0.39 is 12.1 Å². The first kappa shape index (κ1) is 20.7. The Morgan fingerprint density at radius 1 is 1.14 bits per heavy atom. The first-order chi connectivity index (χ1) is 14.1. The third kappa shape index (κ3) is 5.71. The van der Waals surface area contributed by atoms with Gasteiger partial charge in [0.05, 0.1) is 25.4 Å². The fourth-order valence-electron chi connectivity index (χ4n) is 2.99. The largest absolute Gasteiger partial charge is 0.481 e. The van der Waals surface area contributed by atoms with Crippen LogP contribution in [0.15, 0.2) is 48.5 Å². The lowest BCUT2D eigenvalue weighted by Crippen LogP contribution is -2.36. The second-order valence-electron chi connectivity index (χ2n) is 6.64. The number of carbonyl (C=O) groups excluding carboxylic acids is 2. The Morgan fingerprint density at radius 2 is 1.86 bits per heavy atom. The second kappa shape index (κ2) is 9.93. The summed E-state index contributed by atoms with van der Waals surface area (Å²) in [5.41, 5.74) is 2.18. The first-order valence-electron chi connectivity index (χ1n) is 9.74. The van der Waals surface area contributed by atoms with E-state index in [1.807, 2.05) is 24.3 Å². The summed E-state index contributed by atoms with van der Waals surface area (Å²) in [7, 11) is 0. The van der Waals surface area contributed by atoms with Gasteiger partial charge in [0.1, 0.15) is 5.75 Å². The van der Waals surface area contributed by atoms with Crippen LogP contribution < -0.4 is 15.0 Å². The molecule has 1 amide bonds. The molecule has 1 heterocycles. The number of rotatable bonds is 7. The van der Waals surface area contributed by atoms with E-state index in [2.05, 4.69) is 10.2 Å². The minimum atomic E-state index is -0.730. The predicted octanol–water partition coefficient (Wildman–Crippen LogP) is 3.11. The zero-order valence-electron chi connectivity index (χ0n) is 16.7. The van der Waals surface area contributed by atoms with E-state index in [1.54, 1.807) is 38.1 Å². The fraction of sp³-hybridized carbons (Fsp3) is 0.364.